The van der Waals surface area contributed by atoms with Crippen molar-refractivity contribution in [1.29, 1.82) is 0 Å². The van der Waals surface area contributed by atoms with Gasteiger partial charge in [0.25, 0.3) is 0 Å². The molecule has 0 bridgehead atoms. The lowest BCUT2D eigenvalue weighted by atomic mass is 10.2. The zero-order valence-electron chi connectivity index (χ0n) is 10.9. The number of carbonyl (C=O) groups is 2. The predicted octanol–water partition coefficient (Wildman–Crippen LogP) is 0.177. The van der Waals surface area contributed by atoms with E-state index < -0.39 is 6.03 Å². The number of nitrogens with zero attached hydrogens (tertiary/aromatic N) is 1. The number of nitrogens with two attached hydrogens (primary N) is 1. The average Bonchev–Trinajstić information content (AvgIpc) is 2.39. The van der Waals surface area contributed by atoms with Gasteiger partial charge in [0.05, 0.1) is 0 Å². The fraction of sp³-hybridized carbons (Fsp3) is 0.250. The fourth-order valence-electron chi connectivity index (χ4n) is 1.28. The smallest absolute Gasteiger partial charge is 0.321 e. The van der Waals surface area contributed by atoms with Crippen molar-refractivity contribution in [2.45, 2.75) is 6.92 Å². The van der Waals surface area contributed by atoms with Crippen LogP contribution in [0.4, 0.5) is 10.5 Å². The summed E-state index contributed by atoms with van der Waals surface area (Å²) in [7, 11) is 1.45. The maximum atomic E-state index is 11.6. The lowest BCUT2D eigenvalue weighted by Crippen LogP contribution is -2.42. The average molecular weight is 263 g/mol. The molecule has 5 N–H and O–H groups in total. The van der Waals surface area contributed by atoms with Gasteiger partial charge >= 0.3 is 6.03 Å². The molecule has 0 saturated carbocycles. The van der Waals surface area contributed by atoms with Gasteiger partial charge in [-0.25, -0.2) is 9.79 Å². The Kier molecular flexibility index (Phi) is 5.34. The van der Waals surface area contributed by atoms with Gasteiger partial charge in [0.2, 0.25) is 5.91 Å². The van der Waals surface area contributed by atoms with Gasteiger partial charge in [-0.3, -0.25) is 10.1 Å². The third kappa shape index (κ3) is 5.07. The Morgan fingerprint density at radius 2 is 2.00 bits per heavy atom. The maximum absolute atomic E-state index is 11.6. The van der Waals surface area contributed by atoms with Crippen LogP contribution >= 0.6 is 0 Å². The molecular formula is C12H17N5O2. The van der Waals surface area contributed by atoms with Gasteiger partial charge < -0.3 is 16.4 Å². The number of hydrogen-bond acceptors (Lipinski definition) is 3. The van der Waals surface area contributed by atoms with E-state index in [0.717, 1.165) is 11.3 Å². The zero-order valence-corrected chi connectivity index (χ0v) is 10.9. The molecule has 0 fully saturated rings. The molecule has 7 heteroatoms. The van der Waals surface area contributed by atoms with Crippen molar-refractivity contribution in [1.82, 2.24) is 10.6 Å². The Morgan fingerprint density at radius 1 is 1.32 bits per heavy atom. The van der Waals surface area contributed by atoms with Crippen LogP contribution in [0.15, 0.2) is 29.3 Å². The Balaban J connectivity index is 2.50. The highest BCUT2D eigenvalue weighted by molar-refractivity contribution is 5.98. The monoisotopic (exact) mass is 263 g/mol. The second-order valence-electron chi connectivity index (χ2n) is 3.77. The van der Waals surface area contributed by atoms with E-state index in [2.05, 4.69) is 20.9 Å². The number of nitrogens with one attached hydrogen (secondary N) is 3. The van der Waals surface area contributed by atoms with E-state index >= 15 is 0 Å². The molecule has 102 valence electrons. The van der Waals surface area contributed by atoms with Gasteiger partial charge in [-0.2, -0.15) is 0 Å². The molecule has 0 unspecified atom stereocenters. The first-order chi connectivity index (χ1) is 9.02. The number of aryl methyl sites for hydroxylation is 1. The summed E-state index contributed by atoms with van der Waals surface area (Å²) in [5, 5.41) is 7.28. The molecule has 0 radical (unpaired) electrons. The van der Waals surface area contributed by atoms with Crippen LogP contribution in [0.25, 0.3) is 0 Å². The van der Waals surface area contributed by atoms with Crippen LogP contribution in [0.1, 0.15) is 5.56 Å². The van der Waals surface area contributed by atoms with E-state index in [1.807, 2.05) is 25.1 Å². The number of rotatable bonds is 3. The molecule has 0 spiro atoms. The summed E-state index contributed by atoms with van der Waals surface area (Å²) in [5.74, 6) is -0.421. The lowest BCUT2D eigenvalue weighted by Gasteiger charge is -2.07. The van der Waals surface area contributed by atoms with Crippen molar-refractivity contribution in [3.05, 3.63) is 29.8 Å². The quantitative estimate of drug-likeness (QED) is 0.461. The van der Waals surface area contributed by atoms with E-state index in [-0.39, 0.29) is 18.4 Å². The summed E-state index contributed by atoms with van der Waals surface area (Å²) in [5.41, 5.74) is 7.10. The number of anilines is 1. The third-order valence-corrected chi connectivity index (χ3v) is 2.28. The maximum Gasteiger partial charge on any atom is 0.321 e. The molecular weight excluding hydrogens is 246 g/mol. The third-order valence-electron chi connectivity index (χ3n) is 2.28. The summed E-state index contributed by atoms with van der Waals surface area (Å²) in [6.07, 6.45) is 0. The Morgan fingerprint density at radius 3 is 2.63 bits per heavy atom. The molecule has 0 aromatic heterocycles. The minimum absolute atomic E-state index is 0.112. The van der Waals surface area contributed by atoms with E-state index in [1.54, 1.807) is 6.07 Å². The molecule has 7 nitrogen and oxygen atoms in total. The van der Waals surface area contributed by atoms with Crippen LogP contribution in [0.2, 0.25) is 0 Å². The molecule has 1 rings (SSSR count). The largest absolute Gasteiger partial charge is 0.370 e. The van der Waals surface area contributed by atoms with Crippen LogP contribution < -0.4 is 21.7 Å². The van der Waals surface area contributed by atoms with Crippen molar-refractivity contribution in [3.8, 4) is 0 Å². The van der Waals surface area contributed by atoms with Gasteiger partial charge in [0.1, 0.15) is 6.54 Å². The topological polar surface area (TPSA) is 109 Å². The first kappa shape index (κ1) is 14.5. The zero-order chi connectivity index (χ0) is 14.3. The van der Waals surface area contributed by atoms with E-state index in [9.17, 15) is 9.59 Å². The molecule has 0 saturated heterocycles. The normalized spacial score (nSPS) is 10.7. The minimum atomic E-state index is -0.486. The lowest BCUT2D eigenvalue weighted by molar-refractivity contribution is -0.114. The molecule has 0 aliphatic heterocycles. The Hall–Kier alpha value is -2.57. The van der Waals surface area contributed by atoms with E-state index in [0.29, 0.717) is 0 Å². The van der Waals surface area contributed by atoms with Crippen molar-refractivity contribution in [2.75, 3.05) is 18.9 Å². The van der Waals surface area contributed by atoms with E-state index in [1.165, 1.54) is 7.05 Å². The first-order valence-electron chi connectivity index (χ1n) is 5.67. The number of aliphatic imine (C=N–C) groups is 1. The number of para-hydroxylation sites is 1. The highest BCUT2D eigenvalue weighted by Crippen LogP contribution is 2.12. The molecule has 1 aromatic rings. The van der Waals surface area contributed by atoms with Gasteiger partial charge in [-0.15, -0.1) is 0 Å². The molecule has 19 heavy (non-hydrogen) atoms. The number of guanidine groups is 1. The predicted molar refractivity (Wildman–Crippen MR) is 73.9 cm³/mol. The summed E-state index contributed by atoms with van der Waals surface area (Å²) in [6.45, 7) is 1.73. The standard InChI is InChI=1S/C12H17N5O2/c1-8-5-3-4-6-9(8)16-10(18)7-15-11(13)17-12(19)14-2/h3-6H,7H2,1-2H3,(H,16,18)(H4,13,14,15,17,19). The molecule has 1 aromatic carbocycles. The Labute approximate surface area is 111 Å². The highest BCUT2D eigenvalue weighted by Gasteiger charge is 2.04. The van der Waals surface area contributed by atoms with Gasteiger partial charge in [0, 0.05) is 12.7 Å². The van der Waals surface area contributed by atoms with Crippen LogP contribution in [-0.2, 0) is 4.79 Å². The van der Waals surface area contributed by atoms with Crippen molar-refractivity contribution >= 4 is 23.6 Å². The van der Waals surface area contributed by atoms with Crippen molar-refractivity contribution < 1.29 is 9.59 Å². The van der Waals surface area contributed by atoms with E-state index in [4.69, 9.17) is 5.73 Å². The molecule has 0 atom stereocenters. The minimum Gasteiger partial charge on any atom is -0.370 e. The molecule has 0 aliphatic carbocycles. The second-order valence-corrected chi connectivity index (χ2v) is 3.77. The number of carbonyl (C=O) groups excluding carboxylic acids is 2. The SMILES string of the molecule is CNC(=O)NC(N)=NCC(=O)Nc1ccccc1C. The number of amides is 3. The van der Waals surface area contributed by atoms with Gasteiger partial charge in [0.15, 0.2) is 5.96 Å². The number of benzene rings is 1. The second kappa shape index (κ2) is 7.00. The van der Waals surface area contributed by atoms with Gasteiger partial charge in [-0.05, 0) is 18.6 Å². The molecule has 0 heterocycles. The fourth-order valence-corrected chi connectivity index (χ4v) is 1.28. The first-order valence-corrected chi connectivity index (χ1v) is 5.67. The van der Waals surface area contributed by atoms with Gasteiger partial charge in [-0.1, -0.05) is 18.2 Å². The highest BCUT2D eigenvalue weighted by atomic mass is 16.2. The number of urea groups is 1. The summed E-state index contributed by atoms with van der Waals surface area (Å²) >= 11 is 0. The van der Waals surface area contributed by atoms with Crippen LogP contribution in [-0.4, -0.2) is 31.5 Å². The van der Waals surface area contributed by atoms with Crippen LogP contribution in [0.3, 0.4) is 0 Å². The molecule has 0 aliphatic rings. The Bertz CT molecular complexity index is 499. The summed E-state index contributed by atoms with van der Waals surface area (Å²) in [4.78, 5) is 26.3. The number of hydrogen-bond donors (Lipinski definition) is 4. The molecule has 3 amide bonds. The van der Waals surface area contributed by atoms with Crippen molar-refractivity contribution in [3.63, 3.8) is 0 Å². The van der Waals surface area contributed by atoms with Crippen LogP contribution in [0, 0.1) is 6.92 Å². The van der Waals surface area contributed by atoms with Crippen molar-refractivity contribution in [2.24, 2.45) is 10.7 Å². The summed E-state index contributed by atoms with van der Waals surface area (Å²) < 4.78 is 0. The summed E-state index contributed by atoms with van der Waals surface area (Å²) in [6, 6.07) is 6.91. The van der Waals surface area contributed by atoms with Crippen LogP contribution in [0.5, 0.6) is 0 Å².